The molecule has 0 spiro atoms. The Hall–Kier alpha value is -6.88. The number of fused-ring (bicyclic) bond motifs is 6. The van der Waals surface area contributed by atoms with Crippen LogP contribution in [0.4, 0.5) is 5.69 Å². The summed E-state index contributed by atoms with van der Waals surface area (Å²) in [5, 5.41) is 14.7. The average molecular weight is 611 g/mol. The molecule has 222 valence electrons. The third kappa shape index (κ3) is 4.14. The number of para-hydroxylation sites is 4. The second-order valence-electron chi connectivity index (χ2n) is 12.0. The fourth-order valence-corrected chi connectivity index (χ4v) is 7.26. The standard InChI is InChI=1S/C44H26N4/c1-46-31-21-25-38-36-12-2-6-14-40(36)47(44(38)27-31)32-22-19-30(20-23-32)33-24-18-29(28-45)26-39(33)37-13-5-9-17-43(37)48-41-15-7-3-10-34(41)35-11-4-8-16-42(35)48/h2-27H. The molecule has 0 saturated carbocycles. The Morgan fingerprint density at radius 2 is 1.06 bits per heavy atom. The van der Waals surface area contributed by atoms with Gasteiger partial charge in [-0.3, -0.25) is 0 Å². The zero-order valence-electron chi connectivity index (χ0n) is 25.8. The minimum Gasteiger partial charge on any atom is -0.311 e. The summed E-state index contributed by atoms with van der Waals surface area (Å²) in [5.41, 5.74) is 11.9. The first kappa shape index (κ1) is 27.4. The van der Waals surface area contributed by atoms with Crippen LogP contribution in [0.1, 0.15) is 5.56 Å². The summed E-state index contributed by atoms with van der Waals surface area (Å²) in [6.07, 6.45) is 0. The van der Waals surface area contributed by atoms with Gasteiger partial charge in [-0.05, 0) is 71.3 Å². The molecule has 0 unspecified atom stereocenters. The Balaban J connectivity index is 1.24. The van der Waals surface area contributed by atoms with Crippen molar-refractivity contribution in [2.45, 2.75) is 0 Å². The molecule has 7 aromatic carbocycles. The molecule has 0 atom stereocenters. The summed E-state index contributed by atoms with van der Waals surface area (Å²) in [6.45, 7) is 7.61. The lowest BCUT2D eigenvalue weighted by Gasteiger charge is -2.17. The monoisotopic (exact) mass is 610 g/mol. The molecule has 0 fully saturated rings. The lowest BCUT2D eigenvalue weighted by atomic mass is 9.91. The van der Waals surface area contributed by atoms with Crippen molar-refractivity contribution in [1.29, 1.82) is 5.26 Å². The molecule has 48 heavy (non-hydrogen) atoms. The van der Waals surface area contributed by atoms with Crippen molar-refractivity contribution in [3.63, 3.8) is 0 Å². The van der Waals surface area contributed by atoms with Crippen LogP contribution < -0.4 is 0 Å². The van der Waals surface area contributed by atoms with E-state index < -0.39 is 0 Å². The SMILES string of the molecule is [C-]#[N+]c1ccc2c3ccccc3n(-c3ccc(-c4ccc(C#N)cc4-c4ccccc4-n4c5ccccc5c5ccccc54)cc3)c2c1. The van der Waals surface area contributed by atoms with E-state index in [-0.39, 0.29) is 0 Å². The van der Waals surface area contributed by atoms with E-state index in [4.69, 9.17) is 6.57 Å². The van der Waals surface area contributed by atoms with E-state index in [1.54, 1.807) is 0 Å². The zero-order valence-corrected chi connectivity index (χ0v) is 25.8. The molecule has 4 nitrogen and oxygen atoms in total. The highest BCUT2D eigenvalue weighted by Gasteiger charge is 2.18. The largest absolute Gasteiger partial charge is 0.311 e. The molecule has 4 heteroatoms. The Morgan fingerprint density at radius 3 is 1.71 bits per heavy atom. The molecule has 9 rings (SSSR count). The van der Waals surface area contributed by atoms with Crippen molar-refractivity contribution < 1.29 is 0 Å². The fraction of sp³-hybridized carbons (Fsp3) is 0. The topological polar surface area (TPSA) is 38.0 Å². The molecule has 0 radical (unpaired) electrons. The number of hydrogen-bond acceptors (Lipinski definition) is 1. The normalized spacial score (nSPS) is 11.3. The van der Waals surface area contributed by atoms with Gasteiger partial charge in [0.2, 0.25) is 0 Å². The second kappa shape index (κ2) is 10.9. The number of hydrogen-bond donors (Lipinski definition) is 0. The maximum Gasteiger partial charge on any atom is 0.189 e. The minimum absolute atomic E-state index is 0.614. The van der Waals surface area contributed by atoms with Crippen LogP contribution in [0.25, 0.3) is 82.1 Å². The van der Waals surface area contributed by atoms with E-state index in [2.05, 4.69) is 147 Å². The van der Waals surface area contributed by atoms with Crippen molar-refractivity contribution in [2.75, 3.05) is 0 Å². The maximum absolute atomic E-state index is 9.98. The predicted molar refractivity (Wildman–Crippen MR) is 197 cm³/mol. The van der Waals surface area contributed by atoms with Gasteiger partial charge in [-0.25, -0.2) is 4.85 Å². The molecular formula is C44H26N4. The van der Waals surface area contributed by atoms with Crippen molar-refractivity contribution in [2.24, 2.45) is 0 Å². The van der Waals surface area contributed by atoms with E-state index >= 15 is 0 Å². The van der Waals surface area contributed by atoms with Gasteiger partial charge in [0.15, 0.2) is 5.69 Å². The van der Waals surface area contributed by atoms with Crippen molar-refractivity contribution >= 4 is 49.3 Å². The Kier molecular flexibility index (Phi) is 6.22. The van der Waals surface area contributed by atoms with Crippen LogP contribution in [0, 0.1) is 17.9 Å². The Labute approximate surface area is 277 Å². The first-order valence-corrected chi connectivity index (χ1v) is 15.9. The van der Waals surface area contributed by atoms with E-state index in [0.717, 1.165) is 66.5 Å². The summed E-state index contributed by atoms with van der Waals surface area (Å²) in [7, 11) is 0. The van der Waals surface area contributed by atoms with Gasteiger partial charge in [0.25, 0.3) is 0 Å². The van der Waals surface area contributed by atoms with Crippen LogP contribution in [-0.4, -0.2) is 9.13 Å². The molecule has 0 N–H and O–H groups in total. The summed E-state index contributed by atoms with van der Waals surface area (Å²) < 4.78 is 4.58. The number of benzene rings is 7. The minimum atomic E-state index is 0.614. The van der Waals surface area contributed by atoms with Gasteiger partial charge in [-0.2, -0.15) is 5.26 Å². The smallest absolute Gasteiger partial charge is 0.189 e. The Morgan fingerprint density at radius 1 is 0.479 bits per heavy atom. The van der Waals surface area contributed by atoms with E-state index in [0.29, 0.717) is 11.3 Å². The molecule has 0 saturated heterocycles. The number of nitrogens with zero attached hydrogens (tertiary/aromatic N) is 4. The summed E-state index contributed by atoms with van der Waals surface area (Å²) in [4.78, 5) is 3.70. The molecule has 0 aliphatic carbocycles. The number of rotatable bonds is 4. The maximum atomic E-state index is 9.98. The first-order chi connectivity index (χ1) is 23.7. The molecular weight excluding hydrogens is 585 g/mol. The van der Waals surface area contributed by atoms with Crippen LogP contribution in [0.15, 0.2) is 158 Å². The van der Waals surface area contributed by atoms with Gasteiger partial charge in [0.05, 0.1) is 40.4 Å². The van der Waals surface area contributed by atoms with Crippen molar-refractivity contribution in [3.8, 4) is 39.7 Å². The van der Waals surface area contributed by atoms with Gasteiger partial charge in [0.1, 0.15) is 0 Å². The highest BCUT2D eigenvalue weighted by Crippen LogP contribution is 2.41. The van der Waals surface area contributed by atoms with Gasteiger partial charge in [-0.15, -0.1) is 0 Å². The Bertz CT molecular complexity index is 2750. The molecule has 9 aromatic rings. The van der Waals surface area contributed by atoms with Crippen LogP contribution >= 0.6 is 0 Å². The van der Waals surface area contributed by atoms with Crippen molar-refractivity contribution in [1.82, 2.24) is 9.13 Å². The number of aromatic nitrogens is 2. The third-order valence-electron chi connectivity index (χ3n) is 9.39. The molecule has 0 bridgehead atoms. The van der Waals surface area contributed by atoms with Crippen LogP contribution in [0.5, 0.6) is 0 Å². The van der Waals surface area contributed by atoms with Gasteiger partial charge >= 0.3 is 0 Å². The van der Waals surface area contributed by atoms with Crippen LogP contribution in [-0.2, 0) is 0 Å². The molecule has 2 aromatic heterocycles. The third-order valence-corrected chi connectivity index (χ3v) is 9.39. The van der Waals surface area contributed by atoms with Gasteiger partial charge in [-0.1, -0.05) is 103 Å². The quantitative estimate of drug-likeness (QED) is 0.183. The van der Waals surface area contributed by atoms with Crippen molar-refractivity contribution in [3.05, 3.63) is 175 Å². The molecule has 0 amide bonds. The molecule has 0 aliphatic heterocycles. The zero-order chi connectivity index (χ0) is 32.2. The highest BCUT2D eigenvalue weighted by molar-refractivity contribution is 6.11. The van der Waals surface area contributed by atoms with Crippen LogP contribution in [0.3, 0.4) is 0 Å². The summed E-state index contributed by atoms with van der Waals surface area (Å²) >= 11 is 0. The van der Waals surface area contributed by atoms with Crippen LogP contribution in [0.2, 0.25) is 0 Å². The van der Waals surface area contributed by atoms with E-state index in [1.807, 2.05) is 30.3 Å². The summed E-state index contributed by atoms with van der Waals surface area (Å²) in [5.74, 6) is 0. The predicted octanol–water partition coefficient (Wildman–Crippen LogP) is 11.6. The first-order valence-electron chi connectivity index (χ1n) is 15.9. The van der Waals surface area contributed by atoms with E-state index in [9.17, 15) is 5.26 Å². The molecule has 0 aliphatic rings. The van der Waals surface area contributed by atoms with E-state index in [1.165, 1.54) is 10.8 Å². The average Bonchev–Trinajstić information content (AvgIpc) is 3.67. The lowest BCUT2D eigenvalue weighted by Crippen LogP contribution is -1.98. The summed E-state index contributed by atoms with van der Waals surface area (Å²) in [6, 6.07) is 56.8. The number of nitriles is 1. The molecule has 2 heterocycles. The fourth-order valence-electron chi connectivity index (χ4n) is 7.26. The highest BCUT2D eigenvalue weighted by atomic mass is 15.0. The lowest BCUT2D eigenvalue weighted by molar-refractivity contribution is 1.18. The van der Waals surface area contributed by atoms with Gasteiger partial charge < -0.3 is 9.13 Å². The second-order valence-corrected chi connectivity index (χ2v) is 12.0. The van der Waals surface area contributed by atoms with Gasteiger partial charge in [0, 0.05) is 38.3 Å².